The Morgan fingerprint density at radius 2 is 1.69 bits per heavy atom. The molecular formula is C15H31N. The number of hydrogen-bond donors (Lipinski definition) is 1. The van der Waals surface area contributed by atoms with Crippen molar-refractivity contribution in [3.05, 3.63) is 0 Å². The number of nitrogens with one attached hydrogen (secondary N) is 1. The maximum Gasteiger partial charge on any atom is 0.00669 e. The summed E-state index contributed by atoms with van der Waals surface area (Å²) in [4.78, 5) is 0. The van der Waals surface area contributed by atoms with Crippen LogP contribution in [0.3, 0.4) is 0 Å². The summed E-state index contributed by atoms with van der Waals surface area (Å²) in [6.07, 6.45) is 14.5. The maximum absolute atomic E-state index is 3.64. The van der Waals surface area contributed by atoms with Crippen LogP contribution in [0.15, 0.2) is 0 Å². The molecule has 1 heteroatoms. The topological polar surface area (TPSA) is 12.0 Å². The van der Waals surface area contributed by atoms with E-state index in [0.717, 1.165) is 18.5 Å². The lowest BCUT2D eigenvalue weighted by molar-refractivity contribution is 0.362. The Morgan fingerprint density at radius 3 is 2.25 bits per heavy atom. The van der Waals surface area contributed by atoms with Gasteiger partial charge in [0, 0.05) is 6.04 Å². The molecule has 0 spiro atoms. The minimum Gasteiger partial charge on any atom is -0.314 e. The van der Waals surface area contributed by atoms with Crippen molar-refractivity contribution < 1.29 is 0 Å². The highest BCUT2D eigenvalue weighted by Gasteiger charge is 2.14. The molecule has 0 aromatic rings. The molecule has 1 saturated carbocycles. The Morgan fingerprint density at radius 1 is 1.00 bits per heavy atom. The van der Waals surface area contributed by atoms with E-state index in [1.807, 2.05) is 0 Å². The Balaban J connectivity index is 2.18. The summed E-state index contributed by atoms with van der Waals surface area (Å²) >= 11 is 0. The van der Waals surface area contributed by atoms with Crippen LogP contribution in [0.25, 0.3) is 0 Å². The lowest BCUT2D eigenvalue weighted by atomic mass is 9.92. The van der Waals surface area contributed by atoms with Crippen molar-refractivity contribution in [3.8, 4) is 0 Å². The van der Waals surface area contributed by atoms with Gasteiger partial charge < -0.3 is 5.32 Å². The first-order valence-electron chi connectivity index (χ1n) is 7.60. The molecule has 0 amide bonds. The summed E-state index contributed by atoms with van der Waals surface area (Å²) < 4.78 is 0. The van der Waals surface area contributed by atoms with E-state index in [1.165, 1.54) is 64.2 Å². The molecule has 1 unspecified atom stereocenters. The van der Waals surface area contributed by atoms with Crippen LogP contribution in [-0.4, -0.2) is 12.6 Å². The zero-order valence-electron chi connectivity index (χ0n) is 11.4. The lowest BCUT2D eigenvalue weighted by Crippen LogP contribution is -2.29. The van der Waals surface area contributed by atoms with Crippen LogP contribution in [0.2, 0.25) is 0 Å². The fourth-order valence-electron chi connectivity index (χ4n) is 3.08. The highest BCUT2D eigenvalue weighted by molar-refractivity contribution is 4.70. The van der Waals surface area contributed by atoms with Gasteiger partial charge in [0.15, 0.2) is 0 Å². The van der Waals surface area contributed by atoms with Crippen LogP contribution in [0.1, 0.15) is 78.1 Å². The molecule has 1 aliphatic rings. The van der Waals surface area contributed by atoms with Crippen molar-refractivity contribution in [2.75, 3.05) is 6.54 Å². The van der Waals surface area contributed by atoms with E-state index in [0.29, 0.717) is 0 Å². The van der Waals surface area contributed by atoms with Crippen LogP contribution in [0.5, 0.6) is 0 Å². The van der Waals surface area contributed by atoms with Gasteiger partial charge in [-0.3, -0.25) is 0 Å². The fourth-order valence-corrected chi connectivity index (χ4v) is 3.08. The van der Waals surface area contributed by atoms with E-state index in [-0.39, 0.29) is 0 Å². The largest absolute Gasteiger partial charge is 0.314 e. The van der Waals surface area contributed by atoms with Crippen LogP contribution >= 0.6 is 0 Å². The van der Waals surface area contributed by atoms with E-state index < -0.39 is 0 Å². The summed E-state index contributed by atoms with van der Waals surface area (Å²) in [5, 5.41) is 3.64. The Bertz CT molecular complexity index is 140. The van der Waals surface area contributed by atoms with E-state index in [2.05, 4.69) is 19.2 Å². The van der Waals surface area contributed by atoms with E-state index in [9.17, 15) is 0 Å². The van der Waals surface area contributed by atoms with Crippen molar-refractivity contribution in [1.82, 2.24) is 5.32 Å². The second-order valence-corrected chi connectivity index (χ2v) is 5.48. The predicted octanol–water partition coefficient (Wildman–Crippen LogP) is 4.52. The number of rotatable bonds is 7. The van der Waals surface area contributed by atoms with Crippen LogP contribution < -0.4 is 5.32 Å². The molecule has 0 aromatic heterocycles. The molecule has 1 nitrogen and oxygen atoms in total. The molecule has 0 saturated heterocycles. The van der Waals surface area contributed by atoms with Gasteiger partial charge in [0.25, 0.3) is 0 Å². The summed E-state index contributed by atoms with van der Waals surface area (Å²) in [5.41, 5.74) is 0. The molecule has 1 N–H and O–H groups in total. The normalized spacial score (nSPS) is 20.6. The third-order valence-corrected chi connectivity index (χ3v) is 4.03. The minimum absolute atomic E-state index is 0.790. The van der Waals surface area contributed by atoms with Crippen LogP contribution in [0, 0.1) is 5.92 Å². The molecule has 1 aliphatic carbocycles. The third-order valence-electron chi connectivity index (χ3n) is 4.03. The minimum atomic E-state index is 0.790. The van der Waals surface area contributed by atoms with Crippen molar-refractivity contribution >= 4 is 0 Å². The Kier molecular flexibility index (Phi) is 7.92. The Labute approximate surface area is 102 Å². The maximum atomic E-state index is 3.64. The Hall–Kier alpha value is -0.0400. The first-order chi connectivity index (χ1) is 7.86. The van der Waals surface area contributed by atoms with Crippen LogP contribution in [0.4, 0.5) is 0 Å². The lowest BCUT2D eigenvalue weighted by Gasteiger charge is -2.20. The second kappa shape index (κ2) is 9.04. The zero-order chi connectivity index (χ0) is 11.6. The van der Waals surface area contributed by atoms with Gasteiger partial charge in [-0.05, 0) is 31.7 Å². The van der Waals surface area contributed by atoms with Gasteiger partial charge in [-0.2, -0.15) is 0 Å². The third kappa shape index (κ3) is 5.89. The predicted molar refractivity (Wildman–Crippen MR) is 72.8 cm³/mol. The summed E-state index contributed by atoms with van der Waals surface area (Å²) in [6, 6.07) is 0.790. The molecule has 16 heavy (non-hydrogen) atoms. The van der Waals surface area contributed by atoms with Crippen molar-refractivity contribution in [2.24, 2.45) is 5.92 Å². The van der Waals surface area contributed by atoms with Crippen molar-refractivity contribution in [3.63, 3.8) is 0 Å². The molecule has 1 fully saturated rings. The monoisotopic (exact) mass is 225 g/mol. The van der Waals surface area contributed by atoms with Gasteiger partial charge in [0.05, 0.1) is 0 Å². The first kappa shape index (κ1) is 14.0. The van der Waals surface area contributed by atoms with Gasteiger partial charge in [-0.1, -0.05) is 58.8 Å². The SMILES string of the molecule is CCCC(CCC1CCCCCC1)NCC. The quantitative estimate of drug-likeness (QED) is 0.628. The summed E-state index contributed by atoms with van der Waals surface area (Å²) in [6.45, 7) is 5.67. The molecular weight excluding hydrogens is 194 g/mol. The average molecular weight is 225 g/mol. The highest BCUT2D eigenvalue weighted by atomic mass is 14.9. The number of hydrogen-bond acceptors (Lipinski definition) is 1. The molecule has 0 aliphatic heterocycles. The fraction of sp³-hybridized carbons (Fsp3) is 1.00. The second-order valence-electron chi connectivity index (χ2n) is 5.48. The van der Waals surface area contributed by atoms with E-state index in [4.69, 9.17) is 0 Å². The van der Waals surface area contributed by atoms with Crippen LogP contribution in [-0.2, 0) is 0 Å². The van der Waals surface area contributed by atoms with E-state index >= 15 is 0 Å². The van der Waals surface area contributed by atoms with Gasteiger partial charge in [0.2, 0.25) is 0 Å². The van der Waals surface area contributed by atoms with Gasteiger partial charge >= 0.3 is 0 Å². The van der Waals surface area contributed by atoms with E-state index in [1.54, 1.807) is 0 Å². The average Bonchev–Trinajstić information content (AvgIpc) is 2.55. The van der Waals surface area contributed by atoms with Gasteiger partial charge in [-0.25, -0.2) is 0 Å². The highest BCUT2D eigenvalue weighted by Crippen LogP contribution is 2.27. The first-order valence-corrected chi connectivity index (χ1v) is 7.60. The molecule has 0 heterocycles. The molecule has 0 radical (unpaired) electrons. The smallest absolute Gasteiger partial charge is 0.00669 e. The summed E-state index contributed by atoms with van der Waals surface area (Å²) in [7, 11) is 0. The summed E-state index contributed by atoms with van der Waals surface area (Å²) in [5.74, 6) is 1.04. The standard InChI is InChI=1S/C15H31N/c1-3-9-15(16-4-2)13-12-14-10-7-5-6-8-11-14/h14-16H,3-13H2,1-2H3. The van der Waals surface area contributed by atoms with Crippen molar-refractivity contribution in [1.29, 1.82) is 0 Å². The molecule has 96 valence electrons. The van der Waals surface area contributed by atoms with Gasteiger partial charge in [0.1, 0.15) is 0 Å². The molecule has 1 rings (SSSR count). The molecule has 0 aromatic carbocycles. The van der Waals surface area contributed by atoms with Gasteiger partial charge in [-0.15, -0.1) is 0 Å². The molecule has 0 bridgehead atoms. The molecule has 1 atom stereocenters. The van der Waals surface area contributed by atoms with Crippen molar-refractivity contribution in [2.45, 2.75) is 84.1 Å². The zero-order valence-corrected chi connectivity index (χ0v) is 11.4.